The van der Waals surface area contributed by atoms with Crippen LogP contribution in [0.1, 0.15) is 28.5 Å². The summed E-state index contributed by atoms with van der Waals surface area (Å²) in [6.07, 6.45) is 1.76. The highest BCUT2D eigenvalue weighted by atomic mass is 35.5. The van der Waals surface area contributed by atoms with Crippen LogP contribution in [0.25, 0.3) is 0 Å². The van der Waals surface area contributed by atoms with Crippen LogP contribution in [0, 0.1) is 0 Å². The number of aryl methyl sites for hydroxylation is 1. The summed E-state index contributed by atoms with van der Waals surface area (Å²) >= 11 is 18.2. The van der Waals surface area contributed by atoms with Crippen molar-refractivity contribution in [2.24, 2.45) is 0 Å². The molecule has 1 aromatic heterocycles. The SMILES string of the molecule is CCn1cc(Cl)c(CN(C)C(=O)c2cccc(COc3ccc(Cl)cc3Cl)c2)n1. The van der Waals surface area contributed by atoms with E-state index in [0.717, 1.165) is 12.1 Å². The van der Waals surface area contributed by atoms with Crippen molar-refractivity contribution in [3.05, 3.63) is 80.6 Å². The molecule has 5 nitrogen and oxygen atoms in total. The molecule has 0 fully saturated rings. The van der Waals surface area contributed by atoms with Crippen molar-refractivity contribution < 1.29 is 9.53 Å². The van der Waals surface area contributed by atoms with Gasteiger partial charge in [-0.2, -0.15) is 5.10 Å². The molecular weight excluding hydrogens is 433 g/mol. The summed E-state index contributed by atoms with van der Waals surface area (Å²) in [5.74, 6) is 0.407. The van der Waals surface area contributed by atoms with Crippen molar-refractivity contribution >= 4 is 40.7 Å². The number of benzene rings is 2. The van der Waals surface area contributed by atoms with Gasteiger partial charge in [-0.15, -0.1) is 0 Å². The van der Waals surface area contributed by atoms with E-state index < -0.39 is 0 Å². The standard InChI is InChI=1S/C21H20Cl3N3O2/c1-3-27-11-18(24)19(25-27)12-26(2)21(28)15-6-4-5-14(9-15)13-29-20-8-7-16(22)10-17(20)23/h4-11H,3,12-13H2,1-2H3. The average Bonchev–Trinajstić information content (AvgIpc) is 3.06. The predicted molar refractivity (Wildman–Crippen MR) is 116 cm³/mol. The van der Waals surface area contributed by atoms with Crippen molar-refractivity contribution in [3.63, 3.8) is 0 Å². The minimum absolute atomic E-state index is 0.126. The number of halogens is 3. The lowest BCUT2D eigenvalue weighted by atomic mass is 10.1. The molecule has 0 unspecified atom stereocenters. The normalized spacial score (nSPS) is 10.8. The Hall–Kier alpha value is -2.21. The number of ether oxygens (including phenoxy) is 1. The Morgan fingerprint density at radius 3 is 2.62 bits per heavy atom. The first-order chi connectivity index (χ1) is 13.9. The second kappa shape index (κ2) is 9.53. The summed E-state index contributed by atoms with van der Waals surface area (Å²) in [6.45, 7) is 3.30. The zero-order chi connectivity index (χ0) is 21.0. The first kappa shape index (κ1) is 21.5. The van der Waals surface area contributed by atoms with E-state index in [2.05, 4.69) is 5.10 Å². The molecule has 0 aliphatic carbocycles. The maximum atomic E-state index is 12.8. The number of hydrogen-bond acceptors (Lipinski definition) is 3. The van der Waals surface area contributed by atoms with Gasteiger partial charge in [-0.05, 0) is 42.8 Å². The Labute approximate surface area is 184 Å². The van der Waals surface area contributed by atoms with Crippen LogP contribution < -0.4 is 4.74 Å². The summed E-state index contributed by atoms with van der Waals surface area (Å²) in [7, 11) is 1.72. The molecule has 152 valence electrons. The van der Waals surface area contributed by atoms with Crippen LogP contribution in [0.3, 0.4) is 0 Å². The number of aromatic nitrogens is 2. The van der Waals surface area contributed by atoms with Crippen LogP contribution in [-0.2, 0) is 19.7 Å². The van der Waals surface area contributed by atoms with Gasteiger partial charge in [0.05, 0.1) is 16.6 Å². The number of hydrogen-bond donors (Lipinski definition) is 0. The third kappa shape index (κ3) is 5.44. The van der Waals surface area contributed by atoms with Crippen molar-refractivity contribution in [2.45, 2.75) is 26.6 Å². The lowest BCUT2D eigenvalue weighted by molar-refractivity contribution is 0.0783. The van der Waals surface area contributed by atoms with Gasteiger partial charge in [0.15, 0.2) is 0 Å². The van der Waals surface area contributed by atoms with Gasteiger partial charge in [0.2, 0.25) is 0 Å². The molecule has 1 heterocycles. The van der Waals surface area contributed by atoms with Crippen LogP contribution in [0.2, 0.25) is 15.1 Å². The highest BCUT2D eigenvalue weighted by Gasteiger charge is 2.16. The zero-order valence-electron chi connectivity index (χ0n) is 16.0. The minimum Gasteiger partial charge on any atom is -0.487 e. The summed E-state index contributed by atoms with van der Waals surface area (Å²) in [5, 5.41) is 5.92. The van der Waals surface area contributed by atoms with Gasteiger partial charge >= 0.3 is 0 Å². The Kier molecular flexibility index (Phi) is 7.06. The van der Waals surface area contributed by atoms with E-state index in [1.54, 1.807) is 53.2 Å². The Morgan fingerprint density at radius 2 is 1.93 bits per heavy atom. The first-order valence-electron chi connectivity index (χ1n) is 9.01. The number of rotatable bonds is 7. The molecule has 3 rings (SSSR count). The molecule has 0 aliphatic heterocycles. The average molecular weight is 453 g/mol. The number of carbonyl (C=O) groups excluding carboxylic acids is 1. The summed E-state index contributed by atoms with van der Waals surface area (Å²) in [6, 6.07) is 12.3. The molecule has 0 saturated heterocycles. The van der Waals surface area contributed by atoms with E-state index in [9.17, 15) is 4.79 Å². The van der Waals surface area contributed by atoms with Gasteiger partial charge in [0, 0.05) is 30.4 Å². The quantitative estimate of drug-likeness (QED) is 0.461. The molecule has 1 amide bonds. The maximum Gasteiger partial charge on any atom is 0.253 e. The molecule has 0 N–H and O–H groups in total. The summed E-state index contributed by atoms with van der Waals surface area (Å²) < 4.78 is 7.50. The molecule has 2 aromatic carbocycles. The Morgan fingerprint density at radius 1 is 1.14 bits per heavy atom. The summed E-state index contributed by atoms with van der Waals surface area (Å²) in [4.78, 5) is 14.4. The molecule has 3 aromatic rings. The van der Waals surface area contributed by atoms with Crippen LogP contribution in [0.15, 0.2) is 48.7 Å². The number of carbonyl (C=O) groups is 1. The third-order valence-electron chi connectivity index (χ3n) is 4.31. The topological polar surface area (TPSA) is 47.4 Å². The second-order valence-electron chi connectivity index (χ2n) is 6.50. The van der Waals surface area contributed by atoms with Gasteiger partial charge in [0.1, 0.15) is 18.1 Å². The highest BCUT2D eigenvalue weighted by molar-refractivity contribution is 6.35. The van der Waals surface area contributed by atoms with Gasteiger partial charge in [-0.1, -0.05) is 46.9 Å². The van der Waals surface area contributed by atoms with E-state index in [1.165, 1.54) is 0 Å². The molecule has 0 aliphatic rings. The van der Waals surface area contributed by atoms with Crippen LogP contribution in [-0.4, -0.2) is 27.6 Å². The van der Waals surface area contributed by atoms with Crippen molar-refractivity contribution in [1.29, 1.82) is 0 Å². The van der Waals surface area contributed by atoms with Crippen LogP contribution in [0.5, 0.6) is 5.75 Å². The van der Waals surface area contributed by atoms with Crippen LogP contribution in [0.4, 0.5) is 0 Å². The fraction of sp³-hybridized carbons (Fsp3) is 0.238. The monoisotopic (exact) mass is 451 g/mol. The van der Waals surface area contributed by atoms with E-state index in [4.69, 9.17) is 39.5 Å². The molecule has 0 saturated carbocycles. The number of nitrogens with zero attached hydrogens (tertiary/aromatic N) is 3. The lowest BCUT2D eigenvalue weighted by Gasteiger charge is -2.17. The molecule has 29 heavy (non-hydrogen) atoms. The van der Waals surface area contributed by atoms with Gasteiger partial charge in [-0.25, -0.2) is 0 Å². The highest BCUT2D eigenvalue weighted by Crippen LogP contribution is 2.28. The molecule has 0 atom stereocenters. The van der Waals surface area contributed by atoms with Gasteiger partial charge in [-0.3, -0.25) is 9.48 Å². The fourth-order valence-electron chi connectivity index (χ4n) is 2.77. The molecule has 0 radical (unpaired) electrons. The van der Waals surface area contributed by atoms with Crippen LogP contribution >= 0.6 is 34.8 Å². The fourth-order valence-corrected chi connectivity index (χ4v) is 3.44. The smallest absolute Gasteiger partial charge is 0.253 e. The Bertz CT molecular complexity index is 1020. The zero-order valence-corrected chi connectivity index (χ0v) is 18.3. The van der Waals surface area contributed by atoms with Crippen molar-refractivity contribution in [1.82, 2.24) is 14.7 Å². The molecular formula is C21H20Cl3N3O2. The summed E-state index contributed by atoms with van der Waals surface area (Å²) in [5.41, 5.74) is 2.08. The Balaban J connectivity index is 1.67. The first-order valence-corrected chi connectivity index (χ1v) is 10.1. The predicted octanol–water partition coefficient (Wildman–Crippen LogP) is 5.71. The van der Waals surface area contributed by atoms with E-state index in [-0.39, 0.29) is 12.5 Å². The number of amides is 1. The third-order valence-corrected chi connectivity index (χ3v) is 5.15. The molecule has 0 spiro atoms. The van der Waals surface area contributed by atoms with E-state index in [1.807, 2.05) is 19.1 Å². The van der Waals surface area contributed by atoms with Crippen molar-refractivity contribution in [2.75, 3.05) is 7.05 Å². The maximum absolute atomic E-state index is 12.8. The van der Waals surface area contributed by atoms with Gasteiger partial charge in [0.25, 0.3) is 5.91 Å². The largest absolute Gasteiger partial charge is 0.487 e. The molecule has 0 bridgehead atoms. The van der Waals surface area contributed by atoms with Crippen molar-refractivity contribution in [3.8, 4) is 5.75 Å². The van der Waals surface area contributed by atoms with E-state index in [0.29, 0.717) is 38.6 Å². The second-order valence-corrected chi connectivity index (χ2v) is 7.76. The minimum atomic E-state index is -0.126. The lowest BCUT2D eigenvalue weighted by Crippen LogP contribution is -2.26. The molecule has 8 heteroatoms. The van der Waals surface area contributed by atoms with E-state index >= 15 is 0 Å². The van der Waals surface area contributed by atoms with Gasteiger partial charge < -0.3 is 9.64 Å².